The number of carboxylic acids is 1. The quantitative estimate of drug-likeness (QED) is 0.714. The van der Waals surface area contributed by atoms with Gasteiger partial charge in [-0.2, -0.15) is 0 Å². The Morgan fingerprint density at radius 2 is 2.05 bits per heavy atom. The van der Waals surface area contributed by atoms with Crippen LogP contribution in [0.5, 0.6) is 0 Å². The maximum absolute atomic E-state index is 11.9. The average molecular weight is 267 g/mol. The summed E-state index contributed by atoms with van der Waals surface area (Å²) in [4.78, 5) is 26.6. The van der Waals surface area contributed by atoms with Crippen molar-refractivity contribution < 1.29 is 14.7 Å². The van der Waals surface area contributed by atoms with E-state index in [0.717, 1.165) is 12.8 Å². The zero-order valence-corrected chi connectivity index (χ0v) is 11.4. The van der Waals surface area contributed by atoms with Crippen molar-refractivity contribution in [1.82, 2.24) is 15.1 Å². The molecule has 0 bridgehead atoms. The van der Waals surface area contributed by atoms with E-state index < -0.39 is 12.0 Å². The summed E-state index contributed by atoms with van der Waals surface area (Å²) in [5, 5.41) is 11.4. The average Bonchev–Trinajstić information content (AvgIpc) is 2.38. The maximum Gasteiger partial charge on any atom is 0.327 e. The van der Waals surface area contributed by atoms with Crippen LogP contribution in [0.15, 0.2) is 0 Å². The molecule has 0 aliphatic carbocycles. The second-order valence-corrected chi connectivity index (χ2v) is 4.93. The van der Waals surface area contributed by atoms with Gasteiger partial charge in [0, 0.05) is 25.6 Å². The van der Waals surface area contributed by atoms with E-state index in [1.54, 1.807) is 4.90 Å². The van der Waals surface area contributed by atoms with Crippen LogP contribution < -0.4 is 5.32 Å². The topological polar surface area (TPSA) is 72.9 Å². The first-order valence-electron chi connectivity index (χ1n) is 6.33. The monoisotopic (exact) mass is 267 g/mol. The number of amides is 2. The van der Waals surface area contributed by atoms with E-state index >= 15 is 0 Å². The Bertz CT molecular complexity index is 368. The van der Waals surface area contributed by atoms with Crippen molar-refractivity contribution >= 4 is 12.0 Å². The number of hydrogen-bond donors (Lipinski definition) is 2. The van der Waals surface area contributed by atoms with E-state index in [2.05, 4.69) is 16.1 Å². The van der Waals surface area contributed by atoms with E-state index in [1.807, 2.05) is 14.1 Å². The zero-order chi connectivity index (χ0) is 14.4. The summed E-state index contributed by atoms with van der Waals surface area (Å²) in [6, 6.07) is -0.881. The molecule has 19 heavy (non-hydrogen) atoms. The van der Waals surface area contributed by atoms with Crippen molar-refractivity contribution in [3.8, 4) is 12.3 Å². The van der Waals surface area contributed by atoms with Gasteiger partial charge in [0.15, 0.2) is 0 Å². The molecular weight excluding hydrogens is 246 g/mol. The van der Waals surface area contributed by atoms with Gasteiger partial charge in [-0.25, -0.2) is 9.59 Å². The highest BCUT2D eigenvalue weighted by Gasteiger charge is 2.26. The predicted molar refractivity (Wildman–Crippen MR) is 71.7 cm³/mol. The second kappa shape index (κ2) is 7.00. The largest absolute Gasteiger partial charge is 0.480 e. The number of likely N-dealkylation sites (tertiary alicyclic amines) is 1. The first-order valence-corrected chi connectivity index (χ1v) is 6.33. The van der Waals surface area contributed by atoms with Gasteiger partial charge in [0.05, 0.1) is 0 Å². The molecule has 1 atom stereocenters. The molecule has 2 amide bonds. The van der Waals surface area contributed by atoms with Gasteiger partial charge in [0.2, 0.25) is 0 Å². The van der Waals surface area contributed by atoms with Crippen molar-refractivity contribution in [2.45, 2.75) is 31.3 Å². The second-order valence-electron chi connectivity index (χ2n) is 4.93. The molecule has 1 aliphatic rings. The minimum atomic E-state index is -1.10. The molecule has 0 aromatic rings. The number of urea groups is 1. The lowest BCUT2D eigenvalue weighted by molar-refractivity contribution is -0.139. The Balaban J connectivity index is 2.47. The molecule has 0 radical (unpaired) electrons. The van der Waals surface area contributed by atoms with Crippen LogP contribution in [-0.2, 0) is 4.79 Å². The molecule has 0 aromatic carbocycles. The highest BCUT2D eigenvalue weighted by Crippen LogP contribution is 2.14. The number of nitrogens with zero attached hydrogens (tertiary/aromatic N) is 2. The van der Waals surface area contributed by atoms with Crippen LogP contribution in [0.1, 0.15) is 19.3 Å². The van der Waals surface area contributed by atoms with Crippen molar-refractivity contribution in [2.24, 2.45) is 0 Å². The van der Waals surface area contributed by atoms with Crippen LogP contribution in [0.25, 0.3) is 0 Å². The summed E-state index contributed by atoms with van der Waals surface area (Å²) in [6.07, 6.45) is 6.88. The molecule has 1 unspecified atom stereocenters. The minimum Gasteiger partial charge on any atom is -0.480 e. The number of rotatable bonds is 4. The highest BCUT2D eigenvalue weighted by atomic mass is 16.4. The van der Waals surface area contributed by atoms with Gasteiger partial charge in [0.1, 0.15) is 6.04 Å². The number of carboxylic acid groups (broad SMARTS) is 1. The lowest BCUT2D eigenvalue weighted by atomic mass is 10.0. The van der Waals surface area contributed by atoms with Crippen LogP contribution >= 0.6 is 0 Å². The fraction of sp³-hybridized carbons (Fsp3) is 0.692. The molecule has 6 nitrogen and oxygen atoms in total. The van der Waals surface area contributed by atoms with Crippen molar-refractivity contribution in [2.75, 3.05) is 27.2 Å². The van der Waals surface area contributed by atoms with Gasteiger partial charge >= 0.3 is 12.0 Å². The first-order chi connectivity index (χ1) is 8.95. The van der Waals surface area contributed by atoms with Crippen LogP contribution in [0.4, 0.5) is 4.79 Å². The normalized spacial score (nSPS) is 17.9. The highest BCUT2D eigenvalue weighted by molar-refractivity contribution is 5.82. The number of carbonyl (C=O) groups is 2. The van der Waals surface area contributed by atoms with E-state index in [4.69, 9.17) is 11.5 Å². The fourth-order valence-corrected chi connectivity index (χ4v) is 2.14. The molecule has 1 rings (SSSR count). The molecule has 0 spiro atoms. The van der Waals surface area contributed by atoms with Crippen LogP contribution in [0.2, 0.25) is 0 Å². The summed E-state index contributed by atoms with van der Waals surface area (Å²) in [5.74, 6) is 1.16. The molecule has 2 N–H and O–H groups in total. The van der Waals surface area contributed by atoms with Gasteiger partial charge in [-0.15, -0.1) is 12.3 Å². The summed E-state index contributed by atoms with van der Waals surface area (Å²) >= 11 is 0. The first kappa shape index (κ1) is 15.3. The Hall–Kier alpha value is -1.74. The van der Waals surface area contributed by atoms with Crippen molar-refractivity contribution in [3.05, 3.63) is 0 Å². The van der Waals surface area contributed by atoms with Crippen LogP contribution in [0, 0.1) is 12.3 Å². The Kier molecular flexibility index (Phi) is 5.64. The molecule has 0 saturated carbocycles. The SMILES string of the molecule is C#CCC(NC(=O)N1CCC(N(C)C)CC1)C(=O)O. The third-order valence-corrected chi connectivity index (χ3v) is 3.40. The molecule has 6 heteroatoms. The Morgan fingerprint density at radius 3 is 2.47 bits per heavy atom. The molecular formula is C13H21N3O3. The van der Waals surface area contributed by atoms with Crippen molar-refractivity contribution in [3.63, 3.8) is 0 Å². The fourth-order valence-electron chi connectivity index (χ4n) is 2.14. The lowest BCUT2D eigenvalue weighted by Gasteiger charge is -2.35. The maximum atomic E-state index is 11.9. The van der Waals surface area contributed by atoms with E-state index in [9.17, 15) is 9.59 Å². The van der Waals surface area contributed by atoms with E-state index in [0.29, 0.717) is 19.1 Å². The molecule has 1 heterocycles. The molecule has 0 aromatic heterocycles. The standard InChI is InChI=1S/C13H21N3O3/c1-4-5-11(12(17)18)14-13(19)16-8-6-10(7-9-16)15(2)3/h1,10-11H,5-9H2,2-3H3,(H,14,19)(H,17,18). The third-order valence-electron chi connectivity index (χ3n) is 3.40. The van der Waals surface area contributed by atoms with Gasteiger partial charge in [-0.3, -0.25) is 0 Å². The smallest absolute Gasteiger partial charge is 0.327 e. The van der Waals surface area contributed by atoms with Gasteiger partial charge in [-0.1, -0.05) is 0 Å². The van der Waals surface area contributed by atoms with E-state index in [-0.39, 0.29) is 12.5 Å². The lowest BCUT2D eigenvalue weighted by Crippen LogP contribution is -2.52. The number of carbonyl (C=O) groups excluding carboxylic acids is 1. The molecule has 1 aliphatic heterocycles. The third kappa shape index (κ3) is 4.45. The van der Waals surface area contributed by atoms with Gasteiger partial charge in [0.25, 0.3) is 0 Å². The number of hydrogen-bond acceptors (Lipinski definition) is 3. The zero-order valence-electron chi connectivity index (χ0n) is 11.4. The van der Waals surface area contributed by atoms with Gasteiger partial charge in [-0.05, 0) is 26.9 Å². The number of terminal acetylenes is 1. The van der Waals surface area contributed by atoms with Crippen LogP contribution in [-0.4, -0.2) is 66.2 Å². The minimum absolute atomic E-state index is 0.00473. The van der Waals surface area contributed by atoms with Gasteiger partial charge < -0.3 is 20.2 Å². The van der Waals surface area contributed by atoms with Crippen molar-refractivity contribution in [1.29, 1.82) is 0 Å². The summed E-state index contributed by atoms with van der Waals surface area (Å²) in [7, 11) is 4.04. The number of nitrogens with one attached hydrogen (secondary N) is 1. The number of piperidine rings is 1. The summed E-state index contributed by atoms with van der Waals surface area (Å²) in [6.45, 7) is 1.27. The molecule has 1 fully saturated rings. The van der Waals surface area contributed by atoms with Crippen LogP contribution in [0.3, 0.4) is 0 Å². The molecule has 1 saturated heterocycles. The Labute approximate surface area is 113 Å². The predicted octanol–water partition coefficient (Wildman–Crippen LogP) is 0.199. The van der Waals surface area contributed by atoms with E-state index in [1.165, 1.54) is 0 Å². The number of aliphatic carboxylic acids is 1. The summed E-state index contributed by atoms with van der Waals surface area (Å²) < 4.78 is 0. The summed E-state index contributed by atoms with van der Waals surface area (Å²) in [5.41, 5.74) is 0. The Morgan fingerprint density at radius 1 is 1.47 bits per heavy atom. The molecule has 106 valence electrons.